The molecule has 1 atom stereocenters. The lowest BCUT2D eigenvalue weighted by molar-refractivity contribution is -0.128. The number of rotatable bonds is 10. The van der Waals surface area contributed by atoms with Crippen LogP contribution in [0.25, 0.3) is 0 Å². The van der Waals surface area contributed by atoms with Crippen molar-refractivity contribution in [1.29, 1.82) is 0 Å². The van der Waals surface area contributed by atoms with Crippen LogP contribution in [0.1, 0.15) is 34.1 Å². The molecule has 1 heterocycles. The molecule has 26 heavy (non-hydrogen) atoms. The van der Waals surface area contributed by atoms with Crippen LogP contribution in [0.15, 0.2) is 0 Å². The molecule has 2 amide bonds. The number of alkyl carbamates (subject to hydrolysis) is 1. The molecule has 150 valence electrons. The molecule has 1 fully saturated rings. The maximum atomic E-state index is 11.8. The average Bonchev–Trinajstić information content (AvgIpc) is 2.82. The van der Waals surface area contributed by atoms with Gasteiger partial charge in [-0.3, -0.25) is 9.59 Å². The van der Waals surface area contributed by atoms with E-state index in [-0.39, 0.29) is 16.3 Å². The fourth-order valence-electron chi connectivity index (χ4n) is 2.30. The highest BCUT2D eigenvalue weighted by Gasteiger charge is 2.30. The summed E-state index contributed by atoms with van der Waals surface area (Å²) in [5.41, 5.74) is -0.514. The van der Waals surface area contributed by atoms with Gasteiger partial charge in [0.1, 0.15) is 5.60 Å². The maximum Gasteiger partial charge on any atom is 0.407 e. The maximum absolute atomic E-state index is 11.8. The van der Waals surface area contributed by atoms with E-state index >= 15 is 0 Å². The molecule has 0 aromatic carbocycles. The van der Waals surface area contributed by atoms with Gasteiger partial charge in [0, 0.05) is 38.2 Å². The zero-order chi connectivity index (χ0) is 19.6. The van der Waals surface area contributed by atoms with Crippen LogP contribution >= 0.6 is 11.8 Å². The smallest absolute Gasteiger partial charge is 0.407 e. The third-order valence-corrected chi connectivity index (χ3v) is 4.28. The van der Waals surface area contributed by atoms with Gasteiger partial charge < -0.3 is 24.4 Å². The van der Waals surface area contributed by atoms with E-state index in [2.05, 4.69) is 5.32 Å². The van der Waals surface area contributed by atoms with Gasteiger partial charge in [-0.1, -0.05) is 11.8 Å². The molecule has 1 aliphatic rings. The molecule has 0 aromatic heterocycles. The van der Waals surface area contributed by atoms with E-state index < -0.39 is 11.7 Å². The number of carbonyl (C=O) groups is 3. The normalized spacial score (nSPS) is 17.5. The molecular weight excluding hydrogens is 360 g/mol. The van der Waals surface area contributed by atoms with Crippen molar-refractivity contribution in [3.05, 3.63) is 0 Å². The van der Waals surface area contributed by atoms with Crippen LogP contribution in [-0.2, 0) is 23.8 Å². The number of nitrogens with zero attached hydrogens (tertiary/aromatic N) is 1. The summed E-state index contributed by atoms with van der Waals surface area (Å²) in [6.45, 7) is 10.0. The number of amides is 2. The van der Waals surface area contributed by atoms with Crippen LogP contribution in [0.4, 0.5) is 4.79 Å². The van der Waals surface area contributed by atoms with Crippen molar-refractivity contribution in [3.63, 3.8) is 0 Å². The largest absolute Gasteiger partial charge is 0.444 e. The van der Waals surface area contributed by atoms with Crippen LogP contribution in [0.5, 0.6) is 0 Å². The summed E-state index contributed by atoms with van der Waals surface area (Å²) < 4.78 is 15.9. The Hall–Kier alpha value is -1.32. The minimum atomic E-state index is -0.514. The van der Waals surface area contributed by atoms with Crippen LogP contribution < -0.4 is 5.32 Å². The minimum Gasteiger partial charge on any atom is -0.444 e. The van der Waals surface area contributed by atoms with Crippen molar-refractivity contribution in [1.82, 2.24) is 10.2 Å². The van der Waals surface area contributed by atoms with Crippen molar-refractivity contribution >= 4 is 28.9 Å². The van der Waals surface area contributed by atoms with Crippen molar-refractivity contribution in [3.8, 4) is 0 Å². The fourth-order valence-corrected chi connectivity index (χ4v) is 3.25. The summed E-state index contributed by atoms with van der Waals surface area (Å²) in [6, 6.07) is 0. The first-order valence-electron chi connectivity index (χ1n) is 8.74. The van der Waals surface area contributed by atoms with Gasteiger partial charge in [0.15, 0.2) is 5.12 Å². The Morgan fingerprint density at radius 1 is 1.19 bits per heavy atom. The summed E-state index contributed by atoms with van der Waals surface area (Å²) in [5.74, 6) is 0.0665. The molecule has 1 saturated heterocycles. The van der Waals surface area contributed by atoms with Gasteiger partial charge in [-0.15, -0.1) is 0 Å². The Kier molecular flexibility index (Phi) is 9.97. The number of hydrogen-bond donors (Lipinski definition) is 1. The first-order chi connectivity index (χ1) is 12.2. The van der Waals surface area contributed by atoms with Crippen LogP contribution in [0.3, 0.4) is 0 Å². The fraction of sp³-hybridized carbons (Fsp3) is 0.824. The second-order valence-electron chi connectivity index (χ2n) is 6.93. The van der Waals surface area contributed by atoms with E-state index in [9.17, 15) is 14.4 Å². The van der Waals surface area contributed by atoms with Crippen LogP contribution in [-0.4, -0.2) is 78.9 Å². The molecule has 9 heteroatoms. The first kappa shape index (κ1) is 22.7. The number of hydrogen-bond acceptors (Lipinski definition) is 7. The number of ether oxygens (including phenoxy) is 3. The Bertz CT molecular complexity index is 480. The first-order valence-corrected chi connectivity index (χ1v) is 9.62. The van der Waals surface area contributed by atoms with E-state index in [4.69, 9.17) is 14.2 Å². The topological polar surface area (TPSA) is 94.2 Å². The molecule has 0 spiro atoms. The number of nitrogens with one attached hydrogen (secondary N) is 1. The van der Waals surface area contributed by atoms with Crippen molar-refractivity contribution in [2.45, 2.75) is 45.0 Å². The predicted octanol–water partition coefficient (Wildman–Crippen LogP) is 1.42. The minimum absolute atomic E-state index is 0.0409. The highest BCUT2D eigenvalue weighted by atomic mass is 32.2. The van der Waals surface area contributed by atoms with Gasteiger partial charge in [0.2, 0.25) is 5.91 Å². The summed E-state index contributed by atoms with van der Waals surface area (Å²) in [6.07, 6.45) is -0.0493. The molecule has 0 bridgehead atoms. The average molecular weight is 391 g/mol. The molecule has 0 radical (unpaired) electrons. The predicted molar refractivity (Wildman–Crippen MR) is 99.1 cm³/mol. The van der Waals surface area contributed by atoms with Gasteiger partial charge in [-0.05, 0) is 20.8 Å². The third-order valence-electron chi connectivity index (χ3n) is 3.30. The van der Waals surface area contributed by atoms with Gasteiger partial charge in [-0.25, -0.2) is 4.79 Å². The van der Waals surface area contributed by atoms with E-state index in [1.807, 2.05) is 0 Å². The van der Waals surface area contributed by atoms with Gasteiger partial charge in [-0.2, -0.15) is 0 Å². The molecule has 0 aromatic rings. The molecule has 1 rings (SSSR count). The van der Waals surface area contributed by atoms with E-state index in [0.29, 0.717) is 52.5 Å². The quantitative estimate of drug-likeness (QED) is 0.564. The van der Waals surface area contributed by atoms with Crippen molar-refractivity contribution < 1.29 is 28.6 Å². The van der Waals surface area contributed by atoms with Gasteiger partial charge in [0.25, 0.3) is 0 Å². The molecule has 1 unspecified atom stereocenters. The number of carbonyl (C=O) groups excluding carboxylic acids is 3. The van der Waals surface area contributed by atoms with Crippen LogP contribution in [0, 0.1) is 0 Å². The SMILES string of the molecule is CC(=O)SC1CC(=O)N(CCOCCOCCNC(=O)OC(C)(C)C)C1. The Morgan fingerprint density at radius 3 is 2.46 bits per heavy atom. The zero-order valence-electron chi connectivity index (χ0n) is 16.0. The van der Waals surface area contributed by atoms with Gasteiger partial charge >= 0.3 is 6.09 Å². The Labute approximate surface area is 159 Å². The molecular formula is C17H30N2O6S. The molecule has 1 aliphatic heterocycles. The lowest BCUT2D eigenvalue weighted by atomic mass is 10.2. The highest BCUT2D eigenvalue weighted by molar-refractivity contribution is 8.14. The summed E-state index contributed by atoms with van der Waals surface area (Å²) in [4.78, 5) is 36.0. The second-order valence-corrected chi connectivity index (χ2v) is 8.41. The summed E-state index contributed by atoms with van der Waals surface area (Å²) in [7, 11) is 0. The zero-order valence-corrected chi connectivity index (χ0v) is 16.9. The van der Waals surface area contributed by atoms with Gasteiger partial charge in [0.05, 0.1) is 26.4 Å². The third kappa shape index (κ3) is 10.6. The lowest BCUT2D eigenvalue weighted by Crippen LogP contribution is -2.34. The summed E-state index contributed by atoms with van der Waals surface area (Å²) in [5, 5.41) is 2.70. The Balaban J connectivity index is 1.96. The van der Waals surface area contributed by atoms with Crippen molar-refractivity contribution in [2.75, 3.05) is 46.1 Å². The lowest BCUT2D eigenvalue weighted by Gasteiger charge is -2.19. The molecule has 0 saturated carbocycles. The van der Waals surface area contributed by atoms with E-state index in [1.54, 1.807) is 25.7 Å². The standard InChI is InChI=1S/C17H30N2O6S/c1-13(20)26-14-11-15(21)19(12-14)6-8-24-10-9-23-7-5-18-16(22)25-17(2,3)4/h14H,5-12H2,1-4H3,(H,18,22). The highest BCUT2D eigenvalue weighted by Crippen LogP contribution is 2.23. The van der Waals surface area contributed by atoms with Crippen molar-refractivity contribution in [2.24, 2.45) is 0 Å². The van der Waals surface area contributed by atoms with E-state index in [1.165, 1.54) is 18.7 Å². The molecule has 1 N–H and O–H groups in total. The number of thioether (sulfide) groups is 1. The molecule has 0 aliphatic carbocycles. The Morgan fingerprint density at radius 2 is 1.85 bits per heavy atom. The molecule has 8 nitrogen and oxygen atoms in total. The van der Waals surface area contributed by atoms with Crippen LogP contribution in [0.2, 0.25) is 0 Å². The monoisotopic (exact) mass is 390 g/mol. The number of likely N-dealkylation sites (tertiary alicyclic amines) is 1. The summed E-state index contributed by atoms with van der Waals surface area (Å²) >= 11 is 1.23. The second kappa shape index (κ2) is 11.4. The van der Waals surface area contributed by atoms with E-state index in [0.717, 1.165) is 0 Å².